The summed E-state index contributed by atoms with van der Waals surface area (Å²) < 4.78 is 5.48. The molecular formula is C14H19NO2. The van der Waals surface area contributed by atoms with Crippen molar-refractivity contribution in [2.75, 3.05) is 6.61 Å². The molecule has 17 heavy (non-hydrogen) atoms. The van der Waals surface area contributed by atoms with Crippen LogP contribution in [0.2, 0.25) is 0 Å². The SMILES string of the molecule is CCOC1CC(N=Cc2cccc(C)c2O)C1. The van der Waals surface area contributed by atoms with Crippen LogP contribution in [0.4, 0.5) is 0 Å². The molecule has 1 aliphatic carbocycles. The molecule has 1 aromatic carbocycles. The predicted octanol–water partition coefficient (Wildman–Crippen LogP) is 2.69. The van der Waals surface area contributed by atoms with E-state index in [4.69, 9.17) is 4.74 Å². The number of ether oxygens (including phenoxy) is 1. The largest absolute Gasteiger partial charge is 0.507 e. The van der Waals surface area contributed by atoms with Crippen molar-refractivity contribution in [3.63, 3.8) is 0 Å². The van der Waals surface area contributed by atoms with E-state index in [2.05, 4.69) is 4.99 Å². The lowest BCUT2D eigenvalue weighted by atomic mass is 9.90. The number of aromatic hydroxyl groups is 1. The molecule has 2 rings (SSSR count). The summed E-state index contributed by atoms with van der Waals surface area (Å²) in [6.45, 7) is 4.68. The molecule has 0 heterocycles. The maximum absolute atomic E-state index is 9.82. The number of phenols is 1. The number of aliphatic imine (C=N–C) groups is 1. The van der Waals surface area contributed by atoms with Gasteiger partial charge >= 0.3 is 0 Å². The van der Waals surface area contributed by atoms with Gasteiger partial charge in [0, 0.05) is 18.4 Å². The first-order valence-electron chi connectivity index (χ1n) is 6.14. The molecule has 1 N–H and O–H groups in total. The van der Waals surface area contributed by atoms with Crippen LogP contribution >= 0.6 is 0 Å². The van der Waals surface area contributed by atoms with E-state index in [9.17, 15) is 5.11 Å². The molecule has 0 unspecified atom stereocenters. The van der Waals surface area contributed by atoms with Crippen molar-refractivity contribution in [3.8, 4) is 5.75 Å². The molecule has 1 aromatic rings. The maximum atomic E-state index is 9.82. The molecule has 1 fully saturated rings. The van der Waals surface area contributed by atoms with Crippen molar-refractivity contribution in [3.05, 3.63) is 29.3 Å². The van der Waals surface area contributed by atoms with Crippen LogP contribution in [0.15, 0.2) is 23.2 Å². The second kappa shape index (κ2) is 5.32. The van der Waals surface area contributed by atoms with Gasteiger partial charge in [-0.3, -0.25) is 4.99 Å². The summed E-state index contributed by atoms with van der Waals surface area (Å²) in [5, 5.41) is 9.82. The topological polar surface area (TPSA) is 41.8 Å². The predicted molar refractivity (Wildman–Crippen MR) is 68.9 cm³/mol. The smallest absolute Gasteiger partial charge is 0.127 e. The maximum Gasteiger partial charge on any atom is 0.127 e. The van der Waals surface area contributed by atoms with E-state index in [1.807, 2.05) is 32.0 Å². The highest BCUT2D eigenvalue weighted by atomic mass is 16.5. The molecule has 0 saturated heterocycles. The summed E-state index contributed by atoms with van der Waals surface area (Å²) in [6, 6.07) is 6.05. The summed E-state index contributed by atoms with van der Waals surface area (Å²) in [5.74, 6) is 0.330. The molecule has 0 bridgehead atoms. The molecule has 3 heteroatoms. The van der Waals surface area contributed by atoms with E-state index < -0.39 is 0 Å². The highest BCUT2D eigenvalue weighted by Gasteiger charge is 2.28. The average Bonchev–Trinajstić information content (AvgIpc) is 2.26. The second-order valence-corrected chi connectivity index (χ2v) is 4.49. The minimum absolute atomic E-state index is 0.330. The molecule has 1 aliphatic rings. The van der Waals surface area contributed by atoms with Crippen molar-refractivity contribution in [2.45, 2.75) is 38.8 Å². The first-order valence-corrected chi connectivity index (χ1v) is 6.14. The summed E-state index contributed by atoms with van der Waals surface area (Å²) in [5.41, 5.74) is 1.68. The van der Waals surface area contributed by atoms with Gasteiger partial charge in [0.05, 0.1) is 12.1 Å². The van der Waals surface area contributed by atoms with Crippen LogP contribution in [0.5, 0.6) is 5.75 Å². The lowest BCUT2D eigenvalue weighted by molar-refractivity contribution is -0.000577. The van der Waals surface area contributed by atoms with Crippen LogP contribution in [-0.2, 0) is 4.74 Å². The van der Waals surface area contributed by atoms with Gasteiger partial charge in [-0.1, -0.05) is 12.1 Å². The van der Waals surface area contributed by atoms with Gasteiger partial charge < -0.3 is 9.84 Å². The number of rotatable bonds is 4. The summed E-state index contributed by atoms with van der Waals surface area (Å²) >= 11 is 0. The third-order valence-electron chi connectivity index (χ3n) is 3.17. The van der Waals surface area contributed by atoms with Crippen LogP contribution in [-0.4, -0.2) is 30.1 Å². The van der Waals surface area contributed by atoms with Crippen molar-refractivity contribution in [2.24, 2.45) is 4.99 Å². The average molecular weight is 233 g/mol. The molecular weight excluding hydrogens is 214 g/mol. The zero-order valence-electron chi connectivity index (χ0n) is 10.4. The minimum Gasteiger partial charge on any atom is -0.507 e. The fourth-order valence-corrected chi connectivity index (χ4v) is 2.00. The standard InChI is InChI=1S/C14H19NO2/c1-3-17-13-7-12(8-13)15-9-11-6-4-5-10(2)14(11)16/h4-6,9,12-13,16H,3,7-8H2,1-2H3. The monoisotopic (exact) mass is 233 g/mol. The van der Waals surface area contributed by atoms with E-state index in [0.29, 0.717) is 17.9 Å². The quantitative estimate of drug-likeness (QED) is 0.812. The number of para-hydroxylation sites is 1. The Morgan fingerprint density at radius 3 is 2.94 bits per heavy atom. The van der Waals surface area contributed by atoms with Gasteiger partial charge in [-0.05, 0) is 38.3 Å². The third kappa shape index (κ3) is 2.86. The lowest BCUT2D eigenvalue weighted by Crippen LogP contribution is -2.34. The van der Waals surface area contributed by atoms with E-state index >= 15 is 0 Å². The number of nitrogens with zero attached hydrogens (tertiary/aromatic N) is 1. The van der Waals surface area contributed by atoms with Crippen LogP contribution in [0.3, 0.4) is 0 Å². The van der Waals surface area contributed by atoms with Crippen molar-refractivity contribution < 1.29 is 9.84 Å². The molecule has 0 radical (unpaired) electrons. The number of hydrogen-bond donors (Lipinski definition) is 1. The number of hydrogen-bond acceptors (Lipinski definition) is 3. The van der Waals surface area contributed by atoms with Gasteiger partial charge in [0.1, 0.15) is 5.75 Å². The van der Waals surface area contributed by atoms with Gasteiger partial charge in [-0.2, -0.15) is 0 Å². The zero-order chi connectivity index (χ0) is 12.3. The van der Waals surface area contributed by atoms with Gasteiger partial charge in [0.2, 0.25) is 0 Å². The Labute approximate surface area is 102 Å². The summed E-state index contributed by atoms with van der Waals surface area (Å²) in [7, 11) is 0. The first kappa shape index (κ1) is 12.1. The highest BCUT2D eigenvalue weighted by Crippen LogP contribution is 2.27. The van der Waals surface area contributed by atoms with Crippen molar-refractivity contribution >= 4 is 6.21 Å². The van der Waals surface area contributed by atoms with Gasteiger partial charge in [0.25, 0.3) is 0 Å². The second-order valence-electron chi connectivity index (χ2n) is 4.49. The molecule has 3 nitrogen and oxygen atoms in total. The Morgan fingerprint density at radius 2 is 2.24 bits per heavy atom. The van der Waals surface area contributed by atoms with Crippen molar-refractivity contribution in [1.82, 2.24) is 0 Å². The lowest BCUT2D eigenvalue weighted by Gasteiger charge is -2.31. The number of benzene rings is 1. The number of aryl methyl sites for hydroxylation is 1. The molecule has 1 saturated carbocycles. The van der Waals surface area contributed by atoms with Crippen LogP contribution in [0, 0.1) is 6.92 Å². The van der Waals surface area contributed by atoms with Crippen molar-refractivity contribution in [1.29, 1.82) is 0 Å². The Hall–Kier alpha value is -1.35. The Morgan fingerprint density at radius 1 is 1.47 bits per heavy atom. The van der Waals surface area contributed by atoms with Gasteiger partial charge in [-0.15, -0.1) is 0 Å². The third-order valence-corrected chi connectivity index (χ3v) is 3.17. The fraction of sp³-hybridized carbons (Fsp3) is 0.500. The van der Waals surface area contributed by atoms with E-state index in [1.165, 1.54) is 0 Å². The number of phenolic OH excluding ortho intramolecular Hbond substituents is 1. The Bertz CT molecular complexity index is 409. The van der Waals surface area contributed by atoms with E-state index in [1.54, 1.807) is 6.21 Å². The summed E-state index contributed by atoms with van der Waals surface area (Å²) in [6.07, 6.45) is 4.15. The Kier molecular flexibility index (Phi) is 3.79. The highest BCUT2D eigenvalue weighted by molar-refractivity contribution is 5.84. The van der Waals surface area contributed by atoms with Crippen LogP contribution in [0.25, 0.3) is 0 Å². The first-order chi connectivity index (χ1) is 8.20. The molecule has 0 aromatic heterocycles. The normalized spacial score (nSPS) is 23.9. The Balaban J connectivity index is 1.91. The fourth-order valence-electron chi connectivity index (χ4n) is 2.00. The van der Waals surface area contributed by atoms with Gasteiger partial charge in [0.15, 0.2) is 0 Å². The van der Waals surface area contributed by atoms with Crippen LogP contribution in [0.1, 0.15) is 30.9 Å². The van der Waals surface area contributed by atoms with Crippen LogP contribution < -0.4 is 0 Å². The minimum atomic E-state index is 0.330. The molecule has 0 amide bonds. The molecule has 92 valence electrons. The van der Waals surface area contributed by atoms with E-state index in [-0.39, 0.29) is 0 Å². The zero-order valence-corrected chi connectivity index (χ0v) is 10.4. The summed E-state index contributed by atoms with van der Waals surface area (Å²) in [4.78, 5) is 4.47. The molecule has 0 spiro atoms. The molecule has 0 aliphatic heterocycles. The molecule has 0 atom stereocenters. The van der Waals surface area contributed by atoms with Gasteiger partial charge in [-0.25, -0.2) is 0 Å². The van der Waals surface area contributed by atoms with E-state index in [0.717, 1.165) is 30.6 Å².